The van der Waals surface area contributed by atoms with Gasteiger partial charge in [-0.25, -0.2) is 0 Å². The monoisotopic (exact) mass is 347 g/mol. The van der Waals surface area contributed by atoms with Crippen molar-refractivity contribution in [3.8, 4) is 0 Å². The zero-order valence-electron chi connectivity index (χ0n) is 15.2. The van der Waals surface area contributed by atoms with Gasteiger partial charge in [0, 0.05) is 6.04 Å². The summed E-state index contributed by atoms with van der Waals surface area (Å²) >= 11 is 0. The Balaban J connectivity index is 2.14. The van der Waals surface area contributed by atoms with Gasteiger partial charge in [-0.1, -0.05) is 83.9 Å². The average Bonchev–Trinajstić information content (AvgIpc) is 2.59. The van der Waals surface area contributed by atoms with E-state index >= 15 is 0 Å². The lowest BCUT2D eigenvalue weighted by atomic mass is 10.1. The van der Waals surface area contributed by atoms with Crippen molar-refractivity contribution in [3.05, 3.63) is 89.5 Å². The third kappa shape index (κ3) is 4.37. The minimum Gasteiger partial charge on any atom is -0.328 e. The van der Waals surface area contributed by atoms with E-state index in [1.807, 2.05) is 0 Å². The molecule has 25 heavy (non-hydrogen) atoms. The molecule has 1 atom stereocenters. The van der Waals surface area contributed by atoms with Crippen LogP contribution >= 0.6 is 7.92 Å². The molecule has 0 spiro atoms. The number of rotatable bonds is 5. The predicted molar refractivity (Wildman–Crippen MR) is 112 cm³/mol. The molecule has 0 saturated heterocycles. The van der Waals surface area contributed by atoms with E-state index in [0.29, 0.717) is 0 Å². The summed E-state index contributed by atoms with van der Waals surface area (Å²) in [6.45, 7) is 6.36. The highest BCUT2D eigenvalue weighted by atomic mass is 31.1. The van der Waals surface area contributed by atoms with Crippen LogP contribution in [0.15, 0.2) is 72.8 Å². The molecule has 2 N–H and O–H groups in total. The predicted octanol–water partition coefficient (Wildman–Crippen LogP) is 3.95. The Kier molecular flexibility index (Phi) is 5.68. The normalized spacial score (nSPS) is 12.4. The fourth-order valence-electron chi connectivity index (χ4n) is 3.06. The zero-order valence-corrected chi connectivity index (χ0v) is 16.1. The van der Waals surface area contributed by atoms with Crippen LogP contribution in [0.25, 0.3) is 0 Å². The molecule has 0 amide bonds. The summed E-state index contributed by atoms with van der Waals surface area (Å²) in [5, 5.41) is 4.20. The van der Waals surface area contributed by atoms with Crippen molar-refractivity contribution in [1.29, 1.82) is 0 Å². The van der Waals surface area contributed by atoms with Crippen LogP contribution in [-0.4, -0.2) is 6.04 Å². The molecule has 3 aromatic carbocycles. The Hall–Kier alpha value is -1.95. The van der Waals surface area contributed by atoms with Crippen LogP contribution in [0.2, 0.25) is 0 Å². The van der Waals surface area contributed by atoms with E-state index < -0.39 is 7.92 Å². The lowest BCUT2D eigenvalue weighted by Crippen LogP contribution is -2.27. The maximum absolute atomic E-state index is 6.12. The van der Waals surface area contributed by atoms with Gasteiger partial charge in [0.15, 0.2) is 0 Å². The molecule has 0 fully saturated rings. The lowest BCUT2D eigenvalue weighted by Gasteiger charge is -2.23. The molecule has 3 rings (SSSR count). The fraction of sp³-hybridized carbons (Fsp3) is 0.217. The molecule has 1 nitrogen and oxygen atoms in total. The second-order valence-corrected chi connectivity index (χ2v) is 9.00. The van der Waals surface area contributed by atoms with E-state index in [1.54, 1.807) is 0 Å². The number of hydrogen-bond acceptors (Lipinski definition) is 1. The molecule has 0 aliphatic heterocycles. The number of aryl methyl sites for hydroxylation is 2. The minimum absolute atomic E-state index is 0.161. The van der Waals surface area contributed by atoms with Crippen LogP contribution in [-0.2, 0) is 6.42 Å². The lowest BCUT2D eigenvalue weighted by molar-refractivity contribution is 0.741. The molecule has 0 aliphatic rings. The molecule has 128 valence electrons. The van der Waals surface area contributed by atoms with E-state index in [1.165, 1.54) is 32.6 Å². The van der Waals surface area contributed by atoms with Gasteiger partial charge in [0.2, 0.25) is 0 Å². The first-order chi connectivity index (χ1) is 12.0. The summed E-state index contributed by atoms with van der Waals surface area (Å²) in [5.41, 5.74) is 10.1. The van der Waals surface area contributed by atoms with Crippen LogP contribution in [0, 0.1) is 13.8 Å². The van der Waals surface area contributed by atoms with Crippen LogP contribution in [0.3, 0.4) is 0 Å². The third-order valence-electron chi connectivity index (χ3n) is 4.36. The van der Waals surface area contributed by atoms with Crippen LogP contribution < -0.4 is 21.6 Å². The van der Waals surface area contributed by atoms with Crippen molar-refractivity contribution in [2.45, 2.75) is 33.2 Å². The van der Waals surface area contributed by atoms with Crippen LogP contribution in [0.1, 0.15) is 23.6 Å². The molecule has 0 radical (unpaired) electrons. The molecule has 0 heterocycles. The van der Waals surface area contributed by atoms with E-state index in [0.717, 1.165) is 6.42 Å². The van der Waals surface area contributed by atoms with E-state index in [9.17, 15) is 0 Å². The smallest absolute Gasteiger partial charge is 0.00511 e. The number of hydrogen-bond donors (Lipinski definition) is 1. The van der Waals surface area contributed by atoms with Crippen molar-refractivity contribution in [2.75, 3.05) is 0 Å². The average molecular weight is 347 g/mol. The summed E-state index contributed by atoms with van der Waals surface area (Å²) in [6, 6.07) is 26.9. The van der Waals surface area contributed by atoms with E-state index in [4.69, 9.17) is 5.73 Å². The number of nitrogens with two attached hydrogens (primary N) is 1. The van der Waals surface area contributed by atoms with E-state index in [-0.39, 0.29) is 6.04 Å². The Bertz CT molecular complexity index is 774. The topological polar surface area (TPSA) is 26.0 Å². The van der Waals surface area contributed by atoms with Crippen LogP contribution in [0.5, 0.6) is 0 Å². The van der Waals surface area contributed by atoms with Crippen LogP contribution in [0.4, 0.5) is 0 Å². The minimum atomic E-state index is -0.578. The second-order valence-electron chi connectivity index (χ2n) is 6.82. The second kappa shape index (κ2) is 7.95. The van der Waals surface area contributed by atoms with Crippen molar-refractivity contribution < 1.29 is 0 Å². The maximum atomic E-state index is 6.12. The van der Waals surface area contributed by atoms with Gasteiger partial charge in [-0.3, -0.25) is 0 Å². The summed E-state index contributed by atoms with van der Waals surface area (Å²) in [7, 11) is -0.578. The van der Waals surface area contributed by atoms with Gasteiger partial charge < -0.3 is 5.73 Å². The Morgan fingerprint density at radius 1 is 0.760 bits per heavy atom. The SMILES string of the molecule is Cc1ccc(P(c2ccc(C)cc2)c2ccccc2CC(C)N)cc1. The van der Waals surface area contributed by atoms with Crippen molar-refractivity contribution in [3.63, 3.8) is 0 Å². The van der Waals surface area contributed by atoms with Gasteiger partial charge in [0.1, 0.15) is 0 Å². The van der Waals surface area contributed by atoms with Crippen molar-refractivity contribution in [2.24, 2.45) is 5.73 Å². The van der Waals surface area contributed by atoms with E-state index in [2.05, 4.69) is 93.6 Å². The Labute approximate surface area is 152 Å². The molecule has 0 aromatic heterocycles. The first kappa shape index (κ1) is 17.9. The van der Waals surface area contributed by atoms with Gasteiger partial charge in [-0.2, -0.15) is 0 Å². The summed E-state index contributed by atoms with van der Waals surface area (Å²) in [5.74, 6) is 0. The van der Waals surface area contributed by atoms with Gasteiger partial charge in [-0.05, 0) is 56.6 Å². The summed E-state index contributed by atoms with van der Waals surface area (Å²) < 4.78 is 0. The Morgan fingerprint density at radius 2 is 1.24 bits per heavy atom. The molecule has 1 unspecified atom stereocenters. The number of benzene rings is 3. The standard InChI is InChI=1S/C23H26NP/c1-17-8-12-21(13-9-17)25(22-14-10-18(2)11-15-22)23-7-5-4-6-20(23)16-19(3)24/h4-15,19H,16,24H2,1-3H3. The first-order valence-electron chi connectivity index (χ1n) is 8.81. The maximum Gasteiger partial charge on any atom is 0.00511 e. The molecule has 0 bridgehead atoms. The summed E-state index contributed by atoms with van der Waals surface area (Å²) in [6.07, 6.45) is 0.909. The van der Waals surface area contributed by atoms with Gasteiger partial charge in [-0.15, -0.1) is 0 Å². The fourth-order valence-corrected chi connectivity index (χ4v) is 5.50. The van der Waals surface area contributed by atoms with Gasteiger partial charge in [0.05, 0.1) is 0 Å². The molecular weight excluding hydrogens is 321 g/mol. The third-order valence-corrected chi connectivity index (χ3v) is 6.91. The summed E-state index contributed by atoms with van der Waals surface area (Å²) in [4.78, 5) is 0. The highest BCUT2D eigenvalue weighted by molar-refractivity contribution is 7.79. The van der Waals surface area contributed by atoms with Gasteiger partial charge in [0.25, 0.3) is 0 Å². The van der Waals surface area contributed by atoms with Crippen molar-refractivity contribution in [1.82, 2.24) is 0 Å². The highest BCUT2D eigenvalue weighted by Gasteiger charge is 2.19. The highest BCUT2D eigenvalue weighted by Crippen LogP contribution is 2.34. The molecule has 3 aromatic rings. The quantitative estimate of drug-likeness (QED) is 0.695. The van der Waals surface area contributed by atoms with Crippen molar-refractivity contribution >= 4 is 23.8 Å². The molecule has 0 aliphatic carbocycles. The molecular formula is C23H26NP. The molecule has 0 saturated carbocycles. The largest absolute Gasteiger partial charge is 0.328 e. The molecule has 2 heteroatoms. The van der Waals surface area contributed by atoms with Gasteiger partial charge >= 0.3 is 0 Å². The first-order valence-corrected chi connectivity index (χ1v) is 10.2. The Morgan fingerprint density at radius 3 is 1.72 bits per heavy atom. The zero-order chi connectivity index (χ0) is 17.8.